The van der Waals surface area contributed by atoms with E-state index >= 15 is 0 Å². The van der Waals surface area contributed by atoms with Crippen molar-refractivity contribution in [1.82, 2.24) is 0 Å². The Morgan fingerprint density at radius 2 is 2.40 bits per heavy atom. The molecule has 1 rings (SSSR count). The van der Waals surface area contributed by atoms with Gasteiger partial charge in [0, 0.05) is 15.8 Å². The normalized spacial score (nSPS) is 11.9. The molecule has 5 heteroatoms. The van der Waals surface area contributed by atoms with Crippen LogP contribution in [0.2, 0.25) is 0 Å². The van der Waals surface area contributed by atoms with Crippen molar-refractivity contribution in [1.29, 1.82) is 0 Å². The lowest BCUT2D eigenvalue weighted by Crippen LogP contribution is -2.24. The van der Waals surface area contributed by atoms with Crippen molar-refractivity contribution in [2.45, 2.75) is 4.83 Å². The quantitative estimate of drug-likeness (QED) is 0.493. The van der Waals surface area contributed by atoms with E-state index < -0.39 is 0 Å². The van der Waals surface area contributed by atoms with Gasteiger partial charge in [-0.1, -0.05) is 22.0 Å². The maximum Gasteiger partial charge on any atom is 0.321 e. The summed E-state index contributed by atoms with van der Waals surface area (Å²) < 4.78 is 5.75. The third kappa shape index (κ3) is 4.38. The topological polar surface area (TPSA) is 38.3 Å². The van der Waals surface area contributed by atoms with Gasteiger partial charge in [-0.3, -0.25) is 4.79 Å². The van der Waals surface area contributed by atoms with Gasteiger partial charge in [0.2, 0.25) is 0 Å². The predicted octanol–water partition coefficient (Wildman–Crippen LogP) is 2.64. The van der Waals surface area contributed by atoms with Crippen LogP contribution in [0.3, 0.4) is 0 Å². The summed E-state index contributed by atoms with van der Waals surface area (Å²) in [6, 6.07) is 7.94. The van der Waals surface area contributed by atoms with Gasteiger partial charge in [-0.15, -0.1) is 0 Å². The van der Waals surface area contributed by atoms with Crippen molar-refractivity contribution in [2.24, 2.45) is 0 Å². The van der Waals surface area contributed by atoms with Crippen LogP contribution in [0.5, 0.6) is 0 Å². The highest BCUT2D eigenvalue weighted by Crippen LogP contribution is 2.13. The van der Waals surface area contributed by atoms with E-state index in [9.17, 15) is 4.79 Å². The number of hydrogen-bond donors (Lipinski definition) is 1. The first kappa shape index (κ1) is 12.8. The maximum atomic E-state index is 11.1. The average Bonchev–Trinajstić information content (AvgIpc) is 2.25. The van der Waals surface area contributed by atoms with Crippen LogP contribution >= 0.6 is 38.5 Å². The number of anilines is 1. The molecule has 1 aromatic carbocycles. The molecule has 82 valence electrons. The lowest BCUT2D eigenvalue weighted by molar-refractivity contribution is -0.139. The fourth-order valence-corrected chi connectivity index (χ4v) is 1.91. The number of hydrogen-bond acceptors (Lipinski definition) is 3. The van der Waals surface area contributed by atoms with Crippen LogP contribution < -0.4 is 5.32 Å². The lowest BCUT2D eigenvalue weighted by Gasteiger charge is -2.10. The molecule has 0 aliphatic rings. The largest absolute Gasteiger partial charge is 0.468 e. The molecule has 0 saturated carbocycles. The van der Waals surface area contributed by atoms with Crippen molar-refractivity contribution in [3.05, 3.63) is 27.8 Å². The Morgan fingerprint density at radius 1 is 1.67 bits per heavy atom. The van der Waals surface area contributed by atoms with Crippen LogP contribution in [-0.4, -0.2) is 24.5 Å². The highest BCUT2D eigenvalue weighted by Gasteiger charge is 2.14. The third-order valence-electron chi connectivity index (χ3n) is 1.77. The van der Waals surface area contributed by atoms with Crippen LogP contribution in [0, 0.1) is 3.57 Å². The van der Waals surface area contributed by atoms with Gasteiger partial charge >= 0.3 is 5.97 Å². The SMILES string of the molecule is COC(=O)C(Br)CNc1cccc(I)c1. The zero-order valence-electron chi connectivity index (χ0n) is 8.17. The number of ether oxygens (including phenoxy) is 1. The summed E-state index contributed by atoms with van der Waals surface area (Å²) >= 11 is 5.48. The van der Waals surface area contributed by atoms with Crippen LogP contribution in [0.4, 0.5) is 5.69 Å². The molecule has 0 amide bonds. The molecule has 1 aromatic rings. The van der Waals surface area contributed by atoms with Gasteiger partial charge in [0.1, 0.15) is 4.83 Å². The molecule has 1 N–H and O–H groups in total. The summed E-state index contributed by atoms with van der Waals surface area (Å²) in [5.74, 6) is -0.270. The van der Waals surface area contributed by atoms with Gasteiger partial charge in [0.25, 0.3) is 0 Å². The zero-order valence-corrected chi connectivity index (χ0v) is 11.9. The summed E-state index contributed by atoms with van der Waals surface area (Å²) in [7, 11) is 1.38. The van der Waals surface area contributed by atoms with Gasteiger partial charge in [-0.05, 0) is 40.8 Å². The summed E-state index contributed by atoms with van der Waals surface area (Å²) in [6.07, 6.45) is 0. The van der Waals surface area contributed by atoms with Gasteiger partial charge in [0.05, 0.1) is 7.11 Å². The van der Waals surface area contributed by atoms with Crippen molar-refractivity contribution in [2.75, 3.05) is 19.0 Å². The monoisotopic (exact) mass is 383 g/mol. The number of nitrogens with one attached hydrogen (secondary N) is 1. The van der Waals surface area contributed by atoms with Crippen molar-refractivity contribution in [3.8, 4) is 0 Å². The number of methoxy groups -OCH3 is 1. The number of carbonyl (C=O) groups is 1. The Kier molecular flexibility index (Phi) is 5.38. The fraction of sp³-hybridized carbons (Fsp3) is 0.300. The molecule has 0 spiro atoms. The molecule has 0 aromatic heterocycles. The van der Waals surface area contributed by atoms with Crippen LogP contribution in [0.15, 0.2) is 24.3 Å². The van der Waals surface area contributed by atoms with Crippen LogP contribution in [0.25, 0.3) is 0 Å². The Morgan fingerprint density at radius 3 is 3.00 bits per heavy atom. The standard InChI is InChI=1S/C10H11BrINO2/c1-15-10(14)9(11)6-13-8-4-2-3-7(12)5-8/h2-5,9,13H,6H2,1H3. The minimum absolute atomic E-state index is 0.270. The first-order chi connectivity index (χ1) is 7.13. The van der Waals surface area contributed by atoms with E-state index in [0.717, 1.165) is 9.26 Å². The summed E-state index contributed by atoms with van der Waals surface area (Å²) in [5, 5.41) is 3.15. The number of alkyl halides is 1. The molecule has 0 aliphatic carbocycles. The molecule has 0 aliphatic heterocycles. The van der Waals surface area contributed by atoms with E-state index in [1.807, 2.05) is 24.3 Å². The molecular formula is C10H11BrINO2. The number of benzene rings is 1. The number of rotatable bonds is 4. The Balaban J connectivity index is 2.47. The van der Waals surface area contributed by atoms with Crippen molar-refractivity contribution in [3.63, 3.8) is 0 Å². The van der Waals surface area contributed by atoms with Gasteiger partial charge in [-0.2, -0.15) is 0 Å². The first-order valence-corrected chi connectivity index (χ1v) is 6.34. The molecule has 0 fully saturated rings. The molecule has 1 unspecified atom stereocenters. The minimum Gasteiger partial charge on any atom is -0.468 e. The molecule has 0 heterocycles. The summed E-state index contributed by atoms with van der Waals surface area (Å²) in [5.41, 5.74) is 0.996. The van der Waals surface area contributed by atoms with Gasteiger partial charge in [-0.25, -0.2) is 0 Å². The average molecular weight is 384 g/mol. The second kappa shape index (κ2) is 6.32. The predicted molar refractivity (Wildman–Crippen MR) is 72.4 cm³/mol. The smallest absolute Gasteiger partial charge is 0.321 e. The first-order valence-electron chi connectivity index (χ1n) is 4.35. The molecule has 0 saturated heterocycles. The van der Waals surface area contributed by atoms with E-state index in [4.69, 9.17) is 0 Å². The second-order valence-corrected chi connectivity index (χ2v) is 5.23. The fourth-order valence-electron chi connectivity index (χ4n) is 1.02. The second-order valence-electron chi connectivity index (χ2n) is 2.88. The number of esters is 1. The molecule has 1 atom stereocenters. The molecule has 3 nitrogen and oxygen atoms in total. The Labute approximate surface area is 111 Å². The molecule has 0 radical (unpaired) electrons. The van der Waals surface area contributed by atoms with Crippen LogP contribution in [-0.2, 0) is 9.53 Å². The number of halogens is 2. The van der Waals surface area contributed by atoms with E-state index in [0.29, 0.717) is 6.54 Å². The minimum atomic E-state index is -0.319. The van der Waals surface area contributed by atoms with E-state index in [1.165, 1.54) is 7.11 Å². The highest BCUT2D eigenvalue weighted by atomic mass is 127. The lowest BCUT2D eigenvalue weighted by atomic mass is 10.3. The van der Waals surface area contributed by atoms with Crippen molar-refractivity contribution < 1.29 is 9.53 Å². The van der Waals surface area contributed by atoms with E-state index in [-0.39, 0.29) is 10.8 Å². The van der Waals surface area contributed by atoms with Gasteiger partial charge in [0.15, 0.2) is 0 Å². The summed E-state index contributed by atoms with van der Waals surface area (Å²) in [6.45, 7) is 0.507. The van der Waals surface area contributed by atoms with E-state index in [1.54, 1.807) is 0 Å². The number of carbonyl (C=O) groups excluding carboxylic acids is 1. The Hall–Kier alpha value is -0.300. The summed E-state index contributed by atoms with van der Waals surface area (Å²) in [4.78, 5) is 10.8. The molecule has 0 bridgehead atoms. The van der Waals surface area contributed by atoms with Crippen LogP contribution in [0.1, 0.15) is 0 Å². The Bertz CT molecular complexity index is 346. The van der Waals surface area contributed by atoms with E-state index in [2.05, 4.69) is 48.6 Å². The molecule has 15 heavy (non-hydrogen) atoms. The van der Waals surface area contributed by atoms with Crippen molar-refractivity contribution >= 4 is 50.2 Å². The third-order valence-corrected chi connectivity index (χ3v) is 3.14. The highest BCUT2D eigenvalue weighted by molar-refractivity contribution is 14.1. The maximum absolute atomic E-state index is 11.1. The zero-order chi connectivity index (χ0) is 11.3. The molecular weight excluding hydrogens is 373 g/mol. The van der Waals surface area contributed by atoms with Gasteiger partial charge < -0.3 is 10.1 Å².